The molecule has 0 radical (unpaired) electrons. The number of methoxy groups -OCH3 is 1. The van der Waals surface area contributed by atoms with Crippen molar-refractivity contribution in [2.24, 2.45) is 0 Å². The third-order valence-corrected chi connectivity index (χ3v) is 5.93. The van der Waals surface area contributed by atoms with Crippen LogP contribution in [0.25, 0.3) is 32.9 Å². The number of fused-ring (bicyclic) bond motifs is 2. The summed E-state index contributed by atoms with van der Waals surface area (Å²) < 4.78 is 35.7. The van der Waals surface area contributed by atoms with E-state index in [1.54, 1.807) is 0 Å². The highest BCUT2D eigenvalue weighted by Gasteiger charge is 2.23. The summed E-state index contributed by atoms with van der Waals surface area (Å²) in [6, 6.07) is 5.50. The van der Waals surface area contributed by atoms with Crippen LogP contribution in [0, 0.1) is 24.0 Å². The molecule has 0 unspecified atom stereocenters. The molecule has 33 heavy (non-hydrogen) atoms. The number of hydrogen-bond acceptors (Lipinski definition) is 6. The quantitative estimate of drug-likeness (QED) is 0.456. The third kappa shape index (κ3) is 3.46. The predicted octanol–water partition coefficient (Wildman–Crippen LogP) is 4.81. The van der Waals surface area contributed by atoms with E-state index < -0.39 is 11.6 Å². The Bertz CT molecular complexity index is 1440. The van der Waals surface area contributed by atoms with E-state index in [0.717, 1.165) is 32.4 Å². The molecule has 0 atom stereocenters. The molecule has 0 spiro atoms. The maximum absolute atomic E-state index is 16.0. The Balaban J connectivity index is 1.81. The van der Waals surface area contributed by atoms with Crippen molar-refractivity contribution in [3.05, 3.63) is 47.7 Å². The summed E-state index contributed by atoms with van der Waals surface area (Å²) in [7, 11) is 1.42. The molecule has 0 bridgehead atoms. The van der Waals surface area contributed by atoms with E-state index in [-0.39, 0.29) is 34.1 Å². The molecule has 166 valence electrons. The van der Waals surface area contributed by atoms with Gasteiger partial charge in [-0.2, -0.15) is 9.97 Å². The number of pyridine rings is 1. The van der Waals surface area contributed by atoms with Crippen LogP contribution in [0.2, 0.25) is 0 Å². The fraction of sp³-hybridized carbons (Fsp3) is 0.240. The first-order chi connectivity index (χ1) is 16.0. The Kier molecular flexibility index (Phi) is 5.17. The monoisotopic (exact) mass is 446 g/mol. The number of anilines is 1. The van der Waals surface area contributed by atoms with Crippen molar-refractivity contribution < 1.29 is 18.6 Å². The van der Waals surface area contributed by atoms with Crippen molar-refractivity contribution in [3.8, 4) is 35.4 Å². The van der Waals surface area contributed by atoms with Gasteiger partial charge in [-0.25, -0.2) is 8.78 Å². The van der Waals surface area contributed by atoms with Crippen LogP contribution in [0.15, 0.2) is 30.5 Å². The molecule has 6 nitrogen and oxygen atoms in total. The lowest BCUT2D eigenvalue weighted by Crippen LogP contribution is -2.30. The summed E-state index contributed by atoms with van der Waals surface area (Å²) >= 11 is 0. The molecule has 4 aromatic rings. The molecule has 3 heterocycles. The number of nitrogens with zero attached hydrogens (tertiary/aromatic N) is 4. The van der Waals surface area contributed by atoms with Gasteiger partial charge in [-0.3, -0.25) is 4.98 Å². The highest BCUT2D eigenvalue weighted by molar-refractivity contribution is 6.03. The number of rotatable bonds is 3. The molecule has 1 aliphatic heterocycles. The minimum atomic E-state index is -0.731. The lowest BCUT2D eigenvalue weighted by molar-refractivity contribution is 0.381. The van der Waals surface area contributed by atoms with E-state index >= 15 is 4.39 Å². The average Bonchev–Trinajstić information content (AvgIpc) is 2.84. The van der Waals surface area contributed by atoms with Gasteiger partial charge in [0.05, 0.1) is 18.1 Å². The Morgan fingerprint density at radius 1 is 1.12 bits per heavy atom. The number of aromatic nitrogens is 3. The van der Waals surface area contributed by atoms with E-state index in [4.69, 9.17) is 11.2 Å². The normalized spacial score (nSPS) is 13.9. The number of aromatic hydroxyl groups is 1. The average molecular weight is 446 g/mol. The van der Waals surface area contributed by atoms with Gasteiger partial charge in [0.25, 0.3) is 0 Å². The van der Waals surface area contributed by atoms with Crippen molar-refractivity contribution >= 4 is 27.5 Å². The van der Waals surface area contributed by atoms with Crippen molar-refractivity contribution in [1.82, 2.24) is 15.0 Å². The Hall–Kier alpha value is -3.99. The summed E-state index contributed by atoms with van der Waals surface area (Å²) in [5, 5.41) is 11.5. The maximum atomic E-state index is 16.0. The number of terminal acetylenes is 1. The van der Waals surface area contributed by atoms with Crippen molar-refractivity contribution in [2.75, 3.05) is 25.1 Å². The molecule has 1 saturated heterocycles. The Morgan fingerprint density at radius 2 is 1.91 bits per heavy atom. The smallest absolute Gasteiger partial charge is 0.318 e. The second kappa shape index (κ2) is 8.17. The van der Waals surface area contributed by atoms with Gasteiger partial charge in [0.2, 0.25) is 0 Å². The maximum Gasteiger partial charge on any atom is 0.318 e. The van der Waals surface area contributed by atoms with Crippen LogP contribution in [-0.2, 0) is 0 Å². The molecule has 1 fully saturated rings. The molecule has 1 aliphatic rings. The zero-order valence-corrected chi connectivity index (χ0v) is 17.9. The zero-order chi connectivity index (χ0) is 23.1. The summed E-state index contributed by atoms with van der Waals surface area (Å²) in [6.45, 7) is 1.58. The van der Waals surface area contributed by atoms with Gasteiger partial charge in [-0.1, -0.05) is 12.0 Å². The van der Waals surface area contributed by atoms with Gasteiger partial charge in [0.1, 0.15) is 28.6 Å². The first-order valence-corrected chi connectivity index (χ1v) is 10.6. The summed E-state index contributed by atoms with van der Waals surface area (Å²) in [5.74, 6) is 1.43. The van der Waals surface area contributed by atoms with E-state index in [9.17, 15) is 9.50 Å². The van der Waals surface area contributed by atoms with Gasteiger partial charge in [0.15, 0.2) is 5.82 Å². The standard InChI is InChI=1S/C25H20F2N4O2/c1-3-16-19(26)8-7-14-11-15(32)12-17(20(14)16)22-21(27)23-18(13-28-22)24(30-25(29-23)33-2)31-9-5-4-6-10-31/h1,7-8,11-13,32H,4-6,9-10H2,2H3. The molecule has 0 aliphatic carbocycles. The molecule has 2 aromatic heterocycles. The highest BCUT2D eigenvalue weighted by atomic mass is 19.1. The minimum Gasteiger partial charge on any atom is -0.508 e. The summed E-state index contributed by atoms with van der Waals surface area (Å²) in [4.78, 5) is 15.1. The van der Waals surface area contributed by atoms with E-state index in [1.807, 2.05) is 0 Å². The molecule has 0 amide bonds. The second-order valence-electron chi connectivity index (χ2n) is 7.92. The molecular formula is C25H20F2N4O2. The van der Waals surface area contributed by atoms with Gasteiger partial charge in [-0.05, 0) is 42.8 Å². The number of phenolic OH excluding ortho intramolecular Hbond substituents is 1. The van der Waals surface area contributed by atoms with E-state index in [0.29, 0.717) is 22.0 Å². The van der Waals surface area contributed by atoms with Gasteiger partial charge in [0, 0.05) is 30.2 Å². The number of halogens is 2. The largest absolute Gasteiger partial charge is 0.508 e. The molecule has 2 aromatic carbocycles. The molecule has 8 heteroatoms. The Labute approximate surface area is 188 Å². The fourth-order valence-electron chi connectivity index (χ4n) is 4.40. The van der Waals surface area contributed by atoms with Crippen LogP contribution in [0.1, 0.15) is 24.8 Å². The number of ether oxygens (including phenoxy) is 1. The number of phenols is 1. The van der Waals surface area contributed by atoms with Crippen molar-refractivity contribution in [3.63, 3.8) is 0 Å². The first kappa shape index (κ1) is 20.9. The zero-order valence-electron chi connectivity index (χ0n) is 17.9. The van der Waals surface area contributed by atoms with E-state index in [1.165, 1.54) is 37.6 Å². The van der Waals surface area contributed by atoms with Gasteiger partial charge >= 0.3 is 6.01 Å². The first-order valence-electron chi connectivity index (χ1n) is 10.6. The number of benzene rings is 2. The van der Waals surface area contributed by atoms with Crippen LogP contribution < -0.4 is 9.64 Å². The SMILES string of the molecule is C#Cc1c(F)ccc2cc(O)cc(-c3ncc4c(N5CCCCC5)nc(OC)nc4c3F)c12. The second-order valence-corrected chi connectivity index (χ2v) is 7.92. The van der Waals surface area contributed by atoms with Gasteiger partial charge < -0.3 is 14.7 Å². The summed E-state index contributed by atoms with van der Waals surface area (Å²) in [5.41, 5.74) is 0.0745. The molecule has 1 N–H and O–H groups in total. The molecule has 0 saturated carbocycles. The van der Waals surface area contributed by atoms with Crippen molar-refractivity contribution in [1.29, 1.82) is 0 Å². The third-order valence-electron chi connectivity index (χ3n) is 5.93. The number of hydrogen-bond donors (Lipinski definition) is 1. The molecular weight excluding hydrogens is 426 g/mol. The van der Waals surface area contributed by atoms with Crippen LogP contribution >= 0.6 is 0 Å². The highest BCUT2D eigenvalue weighted by Crippen LogP contribution is 2.38. The van der Waals surface area contributed by atoms with E-state index in [2.05, 4.69) is 25.8 Å². The number of piperidine rings is 1. The predicted molar refractivity (Wildman–Crippen MR) is 122 cm³/mol. The fourth-order valence-corrected chi connectivity index (χ4v) is 4.40. The Morgan fingerprint density at radius 3 is 2.64 bits per heavy atom. The minimum absolute atomic E-state index is 0.0296. The van der Waals surface area contributed by atoms with Crippen LogP contribution in [-0.4, -0.2) is 40.3 Å². The molecule has 5 rings (SSSR count). The summed E-state index contributed by atoms with van der Waals surface area (Å²) in [6.07, 6.45) is 10.2. The van der Waals surface area contributed by atoms with Crippen LogP contribution in [0.5, 0.6) is 11.8 Å². The van der Waals surface area contributed by atoms with Gasteiger partial charge in [-0.15, -0.1) is 6.42 Å². The van der Waals surface area contributed by atoms with Crippen LogP contribution in [0.3, 0.4) is 0 Å². The van der Waals surface area contributed by atoms with Crippen LogP contribution in [0.4, 0.5) is 14.6 Å². The lowest BCUT2D eigenvalue weighted by atomic mass is 9.96. The lowest BCUT2D eigenvalue weighted by Gasteiger charge is -2.28. The topological polar surface area (TPSA) is 71.4 Å². The van der Waals surface area contributed by atoms with Crippen molar-refractivity contribution in [2.45, 2.75) is 19.3 Å².